The second-order valence-electron chi connectivity index (χ2n) is 3.57. The van der Waals surface area contributed by atoms with Crippen LogP contribution in [0, 0.1) is 0 Å². The third kappa shape index (κ3) is 2.62. The smallest absolute Gasteiger partial charge is 0.286 e. The Kier molecular flexibility index (Phi) is 3.52. The molecular weight excluding hydrogens is 302 g/mol. The van der Waals surface area contributed by atoms with Crippen molar-refractivity contribution >= 4 is 27.7 Å². The Balaban J connectivity index is 1.97. The molecule has 2 aromatic rings. The number of hydrogen-bond acceptors (Lipinski definition) is 3. The Morgan fingerprint density at radius 1 is 1.33 bits per heavy atom. The zero-order valence-electron chi connectivity index (χ0n) is 9.44. The second kappa shape index (κ2) is 5.09. The number of nitrogens with one attached hydrogen (secondary N) is 2. The van der Waals surface area contributed by atoms with E-state index >= 15 is 0 Å². The number of carbonyl (C=O) groups is 2. The molecule has 0 aliphatic carbocycles. The van der Waals surface area contributed by atoms with E-state index in [1.165, 1.54) is 18.6 Å². The highest BCUT2D eigenvalue weighted by Gasteiger charge is 2.13. The van der Waals surface area contributed by atoms with Gasteiger partial charge in [0.2, 0.25) is 0 Å². The number of aryl methyl sites for hydroxylation is 1. The minimum Gasteiger partial charge on any atom is -0.472 e. The minimum absolute atomic E-state index is 0.336. The van der Waals surface area contributed by atoms with Gasteiger partial charge in [-0.1, -0.05) is 0 Å². The van der Waals surface area contributed by atoms with E-state index in [2.05, 4.69) is 26.8 Å². The maximum absolute atomic E-state index is 11.8. The van der Waals surface area contributed by atoms with Crippen molar-refractivity contribution in [1.29, 1.82) is 0 Å². The number of amides is 2. The Bertz CT molecular complexity index is 574. The van der Waals surface area contributed by atoms with E-state index in [0.29, 0.717) is 11.3 Å². The van der Waals surface area contributed by atoms with Crippen molar-refractivity contribution in [3.8, 4) is 0 Å². The van der Waals surface area contributed by atoms with Crippen LogP contribution in [-0.4, -0.2) is 16.4 Å². The fraction of sp³-hybridized carbons (Fsp3) is 0.0909. The molecular formula is C11H10BrN3O3. The minimum atomic E-state index is -0.439. The van der Waals surface area contributed by atoms with Crippen molar-refractivity contribution in [2.75, 3.05) is 0 Å². The van der Waals surface area contributed by atoms with Gasteiger partial charge in [0.15, 0.2) is 0 Å². The largest absolute Gasteiger partial charge is 0.472 e. The zero-order chi connectivity index (χ0) is 13.1. The first-order valence-corrected chi connectivity index (χ1v) is 5.82. The van der Waals surface area contributed by atoms with Crippen LogP contribution in [-0.2, 0) is 7.05 Å². The Morgan fingerprint density at radius 2 is 2.06 bits per heavy atom. The van der Waals surface area contributed by atoms with Crippen molar-refractivity contribution in [1.82, 2.24) is 15.4 Å². The van der Waals surface area contributed by atoms with Crippen LogP contribution in [0.25, 0.3) is 0 Å². The molecule has 0 saturated heterocycles. The van der Waals surface area contributed by atoms with Crippen LogP contribution >= 0.6 is 15.9 Å². The van der Waals surface area contributed by atoms with Crippen molar-refractivity contribution in [2.45, 2.75) is 0 Å². The second-order valence-corrected chi connectivity index (χ2v) is 4.49. The van der Waals surface area contributed by atoms with Gasteiger partial charge in [-0.3, -0.25) is 20.4 Å². The summed E-state index contributed by atoms with van der Waals surface area (Å²) < 4.78 is 7.20. The van der Waals surface area contributed by atoms with Crippen LogP contribution in [0.1, 0.15) is 20.8 Å². The summed E-state index contributed by atoms with van der Waals surface area (Å²) in [6.07, 6.45) is 4.42. The molecule has 0 saturated carbocycles. The first-order chi connectivity index (χ1) is 8.58. The molecule has 18 heavy (non-hydrogen) atoms. The Labute approximate surface area is 111 Å². The average Bonchev–Trinajstić information content (AvgIpc) is 2.95. The van der Waals surface area contributed by atoms with E-state index in [9.17, 15) is 9.59 Å². The number of hydrazine groups is 1. The van der Waals surface area contributed by atoms with Gasteiger partial charge in [-0.05, 0) is 28.1 Å². The maximum atomic E-state index is 11.8. The summed E-state index contributed by atoms with van der Waals surface area (Å²) in [4.78, 5) is 23.3. The summed E-state index contributed by atoms with van der Waals surface area (Å²) in [5.41, 5.74) is 5.37. The fourth-order valence-corrected chi connectivity index (χ4v) is 1.92. The number of aromatic nitrogens is 1. The molecule has 0 unspecified atom stereocenters. The Morgan fingerprint density at radius 3 is 2.61 bits per heavy atom. The number of halogens is 1. The highest BCUT2D eigenvalue weighted by Crippen LogP contribution is 2.13. The molecule has 7 heteroatoms. The monoisotopic (exact) mass is 311 g/mol. The van der Waals surface area contributed by atoms with Gasteiger partial charge >= 0.3 is 0 Å². The third-order valence-electron chi connectivity index (χ3n) is 2.28. The third-order valence-corrected chi connectivity index (χ3v) is 2.71. The predicted octanol–water partition coefficient (Wildman–Crippen LogP) is 1.46. The van der Waals surface area contributed by atoms with Crippen molar-refractivity contribution in [3.05, 3.63) is 46.6 Å². The van der Waals surface area contributed by atoms with Crippen molar-refractivity contribution in [3.63, 3.8) is 0 Å². The number of hydrogen-bond donors (Lipinski definition) is 2. The van der Waals surface area contributed by atoms with Gasteiger partial charge in [0, 0.05) is 17.7 Å². The van der Waals surface area contributed by atoms with Gasteiger partial charge in [0.05, 0.1) is 11.8 Å². The molecule has 0 spiro atoms. The summed E-state index contributed by atoms with van der Waals surface area (Å²) in [7, 11) is 1.73. The summed E-state index contributed by atoms with van der Waals surface area (Å²) in [5.74, 6) is -0.842. The summed E-state index contributed by atoms with van der Waals surface area (Å²) >= 11 is 3.26. The molecule has 0 atom stereocenters. The summed E-state index contributed by atoms with van der Waals surface area (Å²) in [6, 6.07) is 3.15. The first-order valence-electron chi connectivity index (χ1n) is 5.02. The normalized spacial score (nSPS) is 10.1. The first kappa shape index (κ1) is 12.4. The quantitative estimate of drug-likeness (QED) is 0.824. The molecule has 0 fully saturated rings. The number of rotatable bonds is 2. The topological polar surface area (TPSA) is 76.3 Å². The molecule has 0 aromatic carbocycles. The molecule has 0 bridgehead atoms. The summed E-state index contributed by atoms with van der Waals surface area (Å²) in [6.45, 7) is 0. The predicted molar refractivity (Wildman–Crippen MR) is 66.8 cm³/mol. The van der Waals surface area contributed by atoms with Crippen LogP contribution < -0.4 is 10.9 Å². The van der Waals surface area contributed by atoms with Crippen LogP contribution in [0.2, 0.25) is 0 Å². The lowest BCUT2D eigenvalue weighted by molar-refractivity contribution is 0.0841. The average molecular weight is 312 g/mol. The highest BCUT2D eigenvalue weighted by molar-refractivity contribution is 9.10. The van der Waals surface area contributed by atoms with Crippen molar-refractivity contribution < 1.29 is 14.0 Å². The number of nitrogens with zero attached hydrogens (tertiary/aromatic N) is 1. The van der Waals surface area contributed by atoms with E-state index in [4.69, 9.17) is 4.42 Å². The zero-order valence-corrected chi connectivity index (χ0v) is 11.0. The van der Waals surface area contributed by atoms with Gasteiger partial charge in [0.25, 0.3) is 11.8 Å². The maximum Gasteiger partial charge on any atom is 0.286 e. The molecule has 2 heterocycles. The van der Waals surface area contributed by atoms with E-state index < -0.39 is 11.8 Å². The lowest BCUT2D eigenvalue weighted by Gasteiger charge is -2.06. The lowest BCUT2D eigenvalue weighted by atomic mass is 10.3. The molecule has 0 radical (unpaired) electrons. The van der Waals surface area contributed by atoms with Crippen LogP contribution in [0.3, 0.4) is 0 Å². The van der Waals surface area contributed by atoms with E-state index in [-0.39, 0.29) is 0 Å². The highest BCUT2D eigenvalue weighted by atomic mass is 79.9. The SMILES string of the molecule is Cn1cc(Br)cc1C(=O)NNC(=O)c1ccoc1. The molecule has 2 amide bonds. The van der Waals surface area contributed by atoms with Gasteiger partial charge in [-0.25, -0.2) is 0 Å². The fourth-order valence-electron chi connectivity index (χ4n) is 1.39. The molecule has 6 nitrogen and oxygen atoms in total. The van der Waals surface area contributed by atoms with Gasteiger partial charge in [0.1, 0.15) is 12.0 Å². The molecule has 0 aliphatic rings. The van der Waals surface area contributed by atoms with Gasteiger partial charge in [-0.15, -0.1) is 0 Å². The van der Waals surface area contributed by atoms with E-state index in [1.807, 2.05) is 0 Å². The molecule has 2 rings (SSSR count). The van der Waals surface area contributed by atoms with Crippen LogP contribution in [0.4, 0.5) is 0 Å². The number of carbonyl (C=O) groups excluding carboxylic acids is 2. The lowest BCUT2D eigenvalue weighted by Crippen LogP contribution is -2.42. The van der Waals surface area contributed by atoms with Crippen LogP contribution in [0.15, 0.2) is 39.7 Å². The van der Waals surface area contributed by atoms with Gasteiger partial charge in [-0.2, -0.15) is 0 Å². The van der Waals surface area contributed by atoms with Crippen LogP contribution in [0.5, 0.6) is 0 Å². The summed E-state index contributed by atoms with van der Waals surface area (Å²) in [5, 5.41) is 0. The van der Waals surface area contributed by atoms with E-state index in [0.717, 1.165) is 4.47 Å². The standard InChI is InChI=1S/C11H10BrN3O3/c1-15-5-8(12)4-9(15)11(17)14-13-10(16)7-2-3-18-6-7/h2-6H,1H3,(H,13,16)(H,14,17). The molecule has 0 aliphatic heterocycles. The number of furan rings is 1. The van der Waals surface area contributed by atoms with E-state index in [1.54, 1.807) is 23.9 Å². The molecule has 94 valence electrons. The molecule has 2 N–H and O–H groups in total. The molecule has 2 aromatic heterocycles. The van der Waals surface area contributed by atoms with Gasteiger partial charge < -0.3 is 8.98 Å². The Hall–Kier alpha value is -2.02. The van der Waals surface area contributed by atoms with Crippen molar-refractivity contribution in [2.24, 2.45) is 7.05 Å².